The zero-order valence-corrected chi connectivity index (χ0v) is 29.0. The van der Waals surface area contributed by atoms with Crippen molar-refractivity contribution in [3.8, 4) is 0 Å². The van der Waals surface area contributed by atoms with Crippen LogP contribution in [0, 0.1) is 5.92 Å². The Kier molecular flexibility index (Phi) is 10.7. The van der Waals surface area contributed by atoms with Crippen LogP contribution in [0.2, 0.25) is 0 Å². The van der Waals surface area contributed by atoms with Crippen LogP contribution >= 0.6 is 15.8 Å². The molecular formula is C42H43NOP2. The third-order valence-electron chi connectivity index (χ3n) is 9.01. The molecule has 0 radical (unpaired) electrons. The summed E-state index contributed by atoms with van der Waals surface area (Å²) < 4.78 is 6.18. The van der Waals surface area contributed by atoms with Gasteiger partial charge in [-0.25, -0.2) is 0 Å². The van der Waals surface area contributed by atoms with Gasteiger partial charge >= 0.3 is 0 Å². The van der Waals surface area contributed by atoms with E-state index < -0.39 is 15.8 Å². The molecule has 0 fully saturated rings. The fourth-order valence-electron chi connectivity index (χ4n) is 6.58. The van der Waals surface area contributed by atoms with Crippen molar-refractivity contribution in [2.45, 2.75) is 18.9 Å². The van der Waals surface area contributed by atoms with E-state index in [1.54, 1.807) is 0 Å². The van der Waals surface area contributed by atoms with Gasteiger partial charge in [-0.1, -0.05) is 158 Å². The zero-order valence-electron chi connectivity index (χ0n) is 27.2. The molecule has 0 amide bonds. The van der Waals surface area contributed by atoms with E-state index in [4.69, 9.17) is 4.74 Å². The van der Waals surface area contributed by atoms with Crippen LogP contribution in [0.15, 0.2) is 169 Å². The smallest absolute Gasteiger partial charge is 0.0569 e. The molecule has 2 unspecified atom stereocenters. The van der Waals surface area contributed by atoms with Crippen molar-refractivity contribution >= 4 is 42.4 Å². The third kappa shape index (κ3) is 6.88. The second-order valence-electron chi connectivity index (χ2n) is 12.0. The highest BCUT2D eigenvalue weighted by atomic mass is 31.1. The van der Waals surface area contributed by atoms with E-state index >= 15 is 0 Å². The van der Waals surface area contributed by atoms with E-state index in [1.165, 1.54) is 43.0 Å². The highest BCUT2D eigenvalue weighted by Crippen LogP contribution is 2.54. The van der Waals surface area contributed by atoms with Gasteiger partial charge in [-0.15, -0.1) is 0 Å². The third-order valence-corrected chi connectivity index (χ3v) is 14.0. The number of allylic oxidation sites excluding steroid dienone is 2. The van der Waals surface area contributed by atoms with Crippen LogP contribution in [-0.4, -0.2) is 38.8 Å². The van der Waals surface area contributed by atoms with Gasteiger partial charge in [0.05, 0.1) is 6.61 Å². The molecular weight excluding hydrogens is 596 g/mol. The van der Waals surface area contributed by atoms with Gasteiger partial charge in [0.15, 0.2) is 0 Å². The maximum atomic E-state index is 6.18. The standard InChI is InChI=1S/C42H43NOP2/c1-32(43(2)3)37-29-30-41(46(35-23-13-7-14-24-35)36-25-15-8-16-26-36)42(37)39(31-44-4)38-27-17-18-28-40(38)45(33-19-9-5-10-20-33)34-21-11-6-12-22-34/h5-30,32,37,39H,31H2,1-4H3/t32-,37?,39?/m1/s1. The van der Waals surface area contributed by atoms with Crippen LogP contribution < -0.4 is 26.5 Å². The predicted molar refractivity (Wildman–Crippen MR) is 202 cm³/mol. The first-order valence-electron chi connectivity index (χ1n) is 16.1. The molecule has 5 aromatic carbocycles. The van der Waals surface area contributed by atoms with Gasteiger partial charge in [0.1, 0.15) is 0 Å². The number of ether oxygens (including phenoxy) is 1. The lowest BCUT2D eigenvalue weighted by Gasteiger charge is -2.35. The minimum atomic E-state index is -0.787. The van der Waals surface area contributed by atoms with Gasteiger partial charge < -0.3 is 9.64 Å². The second-order valence-corrected chi connectivity index (χ2v) is 16.4. The summed E-state index contributed by atoms with van der Waals surface area (Å²) in [7, 11) is 4.69. The maximum Gasteiger partial charge on any atom is 0.0569 e. The lowest BCUT2D eigenvalue weighted by Crippen LogP contribution is -2.35. The van der Waals surface area contributed by atoms with Crippen molar-refractivity contribution in [3.05, 3.63) is 174 Å². The second kappa shape index (κ2) is 15.3. The monoisotopic (exact) mass is 639 g/mol. The molecule has 0 saturated heterocycles. The fourth-order valence-corrected chi connectivity index (χ4v) is 11.7. The Bertz CT molecular complexity index is 1670. The van der Waals surface area contributed by atoms with Crippen molar-refractivity contribution in [2.24, 2.45) is 5.92 Å². The van der Waals surface area contributed by atoms with Gasteiger partial charge in [-0.3, -0.25) is 0 Å². The number of methoxy groups -OCH3 is 1. The highest BCUT2D eigenvalue weighted by molar-refractivity contribution is 7.80. The number of hydrogen-bond donors (Lipinski definition) is 0. The molecule has 1 aliphatic rings. The van der Waals surface area contributed by atoms with Crippen LogP contribution in [0.3, 0.4) is 0 Å². The molecule has 0 N–H and O–H groups in total. The van der Waals surface area contributed by atoms with Crippen LogP contribution in [0.5, 0.6) is 0 Å². The molecule has 0 spiro atoms. The quantitative estimate of drug-likeness (QED) is 0.130. The van der Waals surface area contributed by atoms with Crippen LogP contribution in [0.4, 0.5) is 0 Å². The molecule has 46 heavy (non-hydrogen) atoms. The minimum absolute atomic E-state index is 0.0912. The van der Waals surface area contributed by atoms with E-state index in [0.29, 0.717) is 12.6 Å². The Morgan fingerprint density at radius 1 is 0.609 bits per heavy atom. The minimum Gasteiger partial charge on any atom is -0.384 e. The van der Waals surface area contributed by atoms with Crippen molar-refractivity contribution in [1.29, 1.82) is 0 Å². The fraction of sp³-hybridized carbons (Fsp3) is 0.190. The number of rotatable bonds is 12. The first-order chi connectivity index (χ1) is 22.6. The van der Waals surface area contributed by atoms with E-state index in [0.717, 1.165) is 0 Å². The van der Waals surface area contributed by atoms with Crippen LogP contribution in [0.25, 0.3) is 0 Å². The summed E-state index contributed by atoms with van der Waals surface area (Å²) in [5, 5.41) is 8.32. The molecule has 0 bridgehead atoms. The van der Waals surface area contributed by atoms with E-state index in [9.17, 15) is 0 Å². The Morgan fingerprint density at radius 3 is 1.50 bits per heavy atom. The predicted octanol–water partition coefficient (Wildman–Crippen LogP) is 7.70. The molecule has 232 valence electrons. The first kappa shape index (κ1) is 32.3. The van der Waals surface area contributed by atoms with Crippen LogP contribution in [0.1, 0.15) is 18.4 Å². The molecule has 0 heterocycles. The van der Waals surface area contributed by atoms with Gasteiger partial charge in [0, 0.05) is 25.0 Å². The molecule has 0 aliphatic heterocycles. The molecule has 6 rings (SSSR count). The molecule has 4 heteroatoms. The van der Waals surface area contributed by atoms with E-state index in [-0.39, 0.29) is 11.8 Å². The molecule has 0 saturated carbocycles. The number of hydrogen-bond acceptors (Lipinski definition) is 2. The van der Waals surface area contributed by atoms with E-state index in [1.807, 2.05) is 7.11 Å². The zero-order chi connectivity index (χ0) is 31.9. The lowest BCUT2D eigenvalue weighted by atomic mass is 9.82. The largest absolute Gasteiger partial charge is 0.384 e. The molecule has 3 atom stereocenters. The SMILES string of the molecule is COCC(C1=C(P(c2ccccc2)c2ccccc2)C=CC1[C@@H](C)N(C)C)c1ccccc1P(c1ccccc1)c1ccccc1. The number of benzene rings is 5. The summed E-state index contributed by atoms with van der Waals surface area (Å²) in [5.74, 6) is 0.351. The summed E-state index contributed by atoms with van der Waals surface area (Å²) in [5.41, 5.74) is 2.86. The Balaban J connectivity index is 1.61. The molecule has 0 aromatic heterocycles. The Labute approximate surface area is 278 Å². The van der Waals surface area contributed by atoms with Gasteiger partial charge in [-0.2, -0.15) is 0 Å². The van der Waals surface area contributed by atoms with Gasteiger partial charge in [0.25, 0.3) is 0 Å². The summed E-state index contributed by atoms with van der Waals surface area (Å²) in [6.07, 6.45) is 4.92. The molecule has 1 aliphatic carbocycles. The summed E-state index contributed by atoms with van der Waals surface area (Å²) in [6, 6.07) is 53.8. The van der Waals surface area contributed by atoms with Crippen molar-refractivity contribution in [1.82, 2.24) is 4.90 Å². The Morgan fingerprint density at radius 2 is 1.04 bits per heavy atom. The van der Waals surface area contributed by atoms with Crippen LogP contribution in [-0.2, 0) is 4.74 Å². The summed E-state index contributed by atoms with van der Waals surface area (Å²) in [4.78, 5) is 2.36. The normalized spacial score (nSPS) is 16.0. The van der Waals surface area contributed by atoms with Gasteiger partial charge in [0.2, 0.25) is 0 Å². The molecule has 5 aromatic rings. The van der Waals surface area contributed by atoms with Gasteiger partial charge in [-0.05, 0) is 79.8 Å². The number of nitrogens with zero attached hydrogens (tertiary/aromatic N) is 1. The van der Waals surface area contributed by atoms with Crippen molar-refractivity contribution in [3.63, 3.8) is 0 Å². The summed E-state index contributed by atoms with van der Waals surface area (Å²) >= 11 is 0. The molecule has 2 nitrogen and oxygen atoms in total. The maximum absolute atomic E-state index is 6.18. The first-order valence-corrected chi connectivity index (χ1v) is 18.7. The van der Waals surface area contributed by atoms with Crippen molar-refractivity contribution in [2.75, 3.05) is 27.8 Å². The average molecular weight is 640 g/mol. The topological polar surface area (TPSA) is 12.5 Å². The summed E-state index contributed by atoms with van der Waals surface area (Å²) in [6.45, 7) is 2.98. The van der Waals surface area contributed by atoms with E-state index in [2.05, 4.69) is 184 Å². The lowest BCUT2D eigenvalue weighted by molar-refractivity contribution is 0.181. The Hall–Kier alpha value is -3.64. The average Bonchev–Trinajstić information content (AvgIpc) is 3.53. The highest BCUT2D eigenvalue weighted by Gasteiger charge is 2.37. The van der Waals surface area contributed by atoms with Crippen molar-refractivity contribution < 1.29 is 4.74 Å².